The molecule has 0 saturated heterocycles. The summed E-state index contributed by atoms with van der Waals surface area (Å²) in [5.74, 6) is 4.09. The molecule has 1 aromatic rings. The average Bonchev–Trinajstić information content (AvgIpc) is 2.86. The van der Waals surface area contributed by atoms with E-state index in [0.717, 1.165) is 37.2 Å². The fourth-order valence-electron chi connectivity index (χ4n) is 4.64. The zero-order valence-electron chi connectivity index (χ0n) is 12.0. The van der Waals surface area contributed by atoms with Gasteiger partial charge >= 0.3 is 0 Å². The van der Waals surface area contributed by atoms with Crippen molar-refractivity contribution >= 4 is 15.9 Å². The molecule has 3 aliphatic rings. The van der Waals surface area contributed by atoms with Gasteiger partial charge < -0.3 is 10.1 Å². The fourth-order valence-corrected chi connectivity index (χ4v) is 5.19. The lowest BCUT2D eigenvalue weighted by Gasteiger charge is -2.20. The van der Waals surface area contributed by atoms with E-state index in [1.165, 1.54) is 40.6 Å². The van der Waals surface area contributed by atoms with Gasteiger partial charge in [0.2, 0.25) is 0 Å². The number of halogens is 1. The SMILES string of the molecule is CNC(Cc1cc(Br)cc2c1OCC2)C1C2CCCC21. The van der Waals surface area contributed by atoms with Gasteiger partial charge in [-0.25, -0.2) is 0 Å². The van der Waals surface area contributed by atoms with Gasteiger partial charge in [-0.3, -0.25) is 0 Å². The highest BCUT2D eigenvalue weighted by atomic mass is 79.9. The quantitative estimate of drug-likeness (QED) is 0.908. The largest absolute Gasteiger partial charge is 0.493 e. The number of hydrogen-bond acceptors (Lipinski definition) is 2. The zero-order chi connectivity index (χ0) is 13.7. The van der Waals surface area contributed by atoms with Crippen molar-refractivity contribution in [3.8, 4) is 5.75 Å². The molecular formula is C17H22BrNO. The minimum atomic E-state index is 0.618. The van der Waals surface area contributed by atoms with Crippen LogP contribution in [0.4, 0.5) is 0 Å². The molecule has 2 saturated carbocycles. The molecule has 3 unspecified atom stereocenters. The number of likely N-dealkylation sites (N-methyl/N-ethyl adjacent to an activating group) is 1. The van der Waals surface area contributed by atoms with Crippen LogP contribution in [0.15, 0.2) is 16.6 Å². The van der Waals surface area contributed by atoms with E-state index in [9.17, 15) is 0 Å². The molecule has 0 radical (unpaired) electrons. The molecule has 2 fully saturated rings. The lowest BCUT2D eigenvalue weighted by molar-refractivity contribution is 0.349. The molecule has 0 aromatic heterocycles. The Bertz CT molecular complexity index is 520. The summed E-state index contributed by atoms with van der Waals surface area (Å²) in [5, 5.41) is 3.58. The maximum Gasteiger partial charge on any atom is 0.125 e. The third-order valence-electron chi connectivity index (χ3n) is 5.57. The second kappa shape index (κ2) is 5.03. The minimum Gasteiger partial charge on any atom is -0.493 e. The number of benzene rings is 1. The molecule has 3 atom stereocenters. The zero-order valence-corrected chi connectivity index (χ0v) is 13.6. The van der Waals surface area contributed by atoms with Crippen molar-refractivity contribution in [3.05, 3.63) is 27.7 Å². The number of rotatable bonds is 4. The maximum absolute atomic E-state index is 5.88. The summed E-state index contributed by atoms with van der Waals surface area (Å²) in [5.41, 5.74) is 2.76. The Balaban J connectivity index is 1.56. The Hall–Kier alpha value is -0.540. The van der Waals surface area contributed by atoms with Gasteiger partial charge in [0.1, 0.15) is 5.75 Å². The maximum atomic E-state index is 5.88. The van der Waals surface area contributed by atoms with Crippen LogP contribution >= 0.6 is 15.9 Å². The van der Waals surface area contributed by atoms with E-state index in [-0.39, 0.29) is 0 Å². The van der Waals surface area contributed by atoms with Gasteiger partial charge in [-0.1, -0.05) is 22.4 Å². The first-order chi connectivity index (χ1) is 9.78. The molecule has 20 heavy (non-hydrogen) atoms. The lowest BCUT2D eigenvalue weighted by atomic mass is 9.95. The molecule has 1 heterocycles. The summed E-state index contributed by atoms with van der Waals surface area (Å²) in [4.78, 5) is 0. The van der Waals surface area contributed by atoms with E-state index in [0.29, 0.717) is 6.04 Å². The third kappa shape index (κ3) is 2.10. The van der Waals surface area contributed by atoms with Crippen molar-refractivity contribution in [2.75, 3.05) is 13.7 Å². The molecule has 2 aliphatic carbocycles. The van der Waals surface area contributed by atoms with Crippen molar-refractivity contribution in [3.63, 3.8) is 0 Å². The molecule has 1 aromatic carbocycles. The molecule has 0 amide bonds. The number of hydrogen-bond donors (Lipinski definition) is 1. The Kier molecular flexibility index (Phi) is 3.30. The lowest BCUT2D eigenvalue weighted by Crippen LogP contribution is -2.31. The van der Waals surface area contributed by atoms with Crippen LogP contribution in [-0.2, 0) is 12.8 Å². The molecular weight excluding hydrogens is 314 g/mol. The number of nitrogens with one attached hydrogen (secondary N) is 1. The van der Waals surface area contributed by atoms with Crippen LogP contribution in [0.3, 0.4) is 0 Å². The highest BCUT2D eigenvalue weighted by molar-refractivity contribution is 9.10. The van der Waals surface area contributed by atoms with E-state index in [2.05, 4.69) is 40.4 Å². The molecule has 108 valence electrons. The summed E-state index contributed by atoms with van der Waals surface area (Å²) < 4.78 is 7.07. The molecule has 2 nitrogen and oxygen atoms in total. The second-order valence-corrected chi connectivity index (χ2v) is 7.50. The Morgan fingerprint density at radius 1 is 1.35 bits per heavy atom. The molecule has 0 spiro atoms. The highest BCUT2D eigenvalue weighted by Crippen LogP contribution is 2.59. The van der Waals surface area contributed by atoms with Crippen LogP contribution in [-0.4, -0.2) is 19.7 Å². The first kappa shape index (κ1) is 13.1. The van der Waals surface area contributed by atoms with Crippen LogP contribution in [0.5, 0.6) is 5.75 Å². The molecule has 1 aliphatic heterocycles. The van der Waals surface area contributed by atoms with Crippen molar-refractivity contribution in [2.45, 2.75) is 38.1 Å². The van der Waals surface area contributed by atoms with Crippen LogP contribution in [0.25, 0.3) is 0 Å². The van der Waals surface area contributed by atoms with E-state index in [4.69, 9.17) is 4.74 Å². The summed E-state index contributed by atoms with van der Waals surface area (Å²) in [7, 11) is 2.12. The first-order valence-corrected chi connectivity index (χ1v) is 8.68. The minimum absolute atomic E-state index is 0.618. The monoisotopic (exact) mass is 335 g/mol. The summed E-state index contributed by atoms with van der Waals surface area (Å²) in [6, 6.07) is 5.09. The Morgan fingerprint density at radius 3 is 2.90 bits per heavy atom. The van der Waals surface area contributed by atoms with Gasteiger partial charge in [0.25, 0.3) is 0 Å². The normalized spacial score (nSPS) is 31.6. The smallest absolute Gasteiger partial charge is 0.125 e. The van der Waals surface area contributed by atoms with Crippen molar-refractivity contribution < 1.29 is 4.74 Å². The average molecular weight is 336 g/mol. The van der Waals surface area contributed by atoms with Crippen molar-refractivity contribution in [1.82, 2.24) is 5.32 Å². The van der Waals surface area contributed by atoms with Gasteiger partial charge in [0, 0.05) is 16.9 Å². The van der Waals surface area contributed by atoms with E-state index in [1.54, 1.807) is 0 Å². The topological polar surface area (TPSA) is 21.3 Å². The van der Waals surface area contributed by atoms with Crippen LogP contribution < -0.4 is 10.1 Å². The number of fused-ring (bicyclic) bond motifs is 2. The van der Waals surface area contributed by atoms with Gasteiger partial charge in [-0.15, -0.1) is 0 Å². The number of ether oxygens (including phenoxy) is 1. The van der Waals surface area contributed by atoms with Crippen molar-refractivity contribution in [1.29, 1.82) is 0 Å². The molecule has 1 N–H and O–H groups in total. The summed E-state index contributed by atoms with van der Waals surface area (Å²) >= 11 is 3.65. The Labute approximate surface area is 129 Å². The van der Waals surface area contributed by atoms with Crippen LogP contribution in [0, 0.1) is 17.8 Å². The van der Waals surface area contributed by atoms with E-state index in [1.807, 2.05) is 0 Å². The molecule has 3 heteroatoms. The molecule has 0 bridgehead atoms. The summed E-state index contributed by atoms with van der Waals surface area (Å²) in [6.07, 6.45) is 6.54. The first-order valence-electron chi connectivity index (χ1n) is 7.89. The van der Waals surface area contributed by atoms with Gasteiger partial charge in [0.05, 0.1) is 6.61 Å². The third-order valence-corrected chi connectivity index (χ3v) is 6.03. The van der Waals surface area contributed by atoms with Crippen molar-refractivity contribution in [2.24, 2.45) is 17.8 Å². The van der Waals surface area contributed by atoms with E-state index < -0.39 is 0 Å². The predicted octanol–water partition coefficient (Wildman–Crippen LogP) is 3.56. The molecule has 4 rings (SSSR count). The predicted molar refractivity (Wildman–Crippen MR) is 84.2 cm³/mol. The van der Waals surface area contributed by atoms with E-state index >= 15 is 0 Å². The van der Waals surface area contributed by atoms with Crippen LogP contribution in [0.2, 0.25) is 0 Å². The van der Waals surface area contributed by atoms with Gasteiger partial charge in [0.15, 0.2) is 0 Å². The second-order valence-electron chi connectivity index (χ2n) is 6.59. The summed E-state index contributed by atoms with van der Waals surface area (Å²) in [6.45, 7) is 0.845. The van der Waals surface area contributed by atoms with Gasteiger partial charge in [-0.05, 0) is 67.3 Å². The fraction of sp³-hybridized carbons (Fsp3) is 0.647. The highest BCUT2D eigenvalue weighted by Gasteiger charge is 2.55. The standard InChI is InChI=1S/C17H22BrNO/c1-19-15(16-13-3-2-4-14(13)16)9-11-8-12(18)7-10-5-6-20-17(10)11/h7-8,13-16,19H,2-6,9H2,1H3. The van der Waals surface area contributed by atoms with Gasteiger partial charge in [-0.2, -0.15) is 0 Å². The Morgan fingerprint density at radius 2 is 2.15 bits per heavy atom. The van der Waals surface area contributed by atoms with Crippen LogP contribution in [0.1, 0.15) is 30.4 Å².